The highest BCUT2D eigenvalue weighted by molar-refractivity contribution is 5.46. The number of hydrogen-bond acceptors (Lipinski definition) is 3. The summed E-state index contributed by atoms with van der Waals surface area (Å²) in [5.41, 5.74) is 7.38. The molecule has 0 radical (unpaired) electrons. The van der Waals surface area contributed by atoms with E-state index >= 15 is 0 Å². The average molecular weight is 247 g/mol. The highest BCUT2D eigenvalue weighted by Crippen LogP contribution is 2.19. The van der Waals surface area contributed by atoms with E-state index < -0.39 is 0 Å². The van der Waals surface area contributed by atoms with Gasteiger partial charge in [-0.2, -0.15) is 0 Å². The summed E-state index contributed by atoms with van der Waals surface area (Å²) in [6.45, 7) is 10.9. The van der Waals surface area contributed by atoms with Crippen LogP contribution in [0.5, 0.6) is 0 Å². The van der Waals surface area contributed by atoms with Gasteiger partial charge < -0.3 is 10.6 Å². The van der Waals surface area contributed by atoms with Crippen molar-refractivity contribution < 1.29 is 0 Å². The van der Waals surface area contributed by atoms with Crippen LogP contribution in [-0.4, -0.2) is 44.2 Å². The van der Waals surface area contributed by atoms with E-state index in [0.717, 1.165) is 39.3 Å². The Labute approximate surface area is 111 Å². The maximum absolute atomic E-state index is 5.80. The van der Waals surface area contributed by atoms with Crippen LogP contribution in [0.3, 0.4) is 0 Å². The second-order valence-electron chi connectivity index (χ2n) is 5.97. The zero-order valence-corrected chi connectivity index (χ0v) is 11.6. The van der Waals surface area contributed by atoms with Crippen LogP contribution in [0.15, 0.2) is 30.3 Å². The highest BCUT2D eigenvalue weighted by Gasteiger charge is 2.23. The topological polar surface area (TPSA) is 32.5 Å². The Morgan fingerprint density at radius 3 is 2.22 bits per heavy atom. The first-order valence-electron chi connectivity index (χ1n) is 6.83. The summed E-state index contributed by atoms with van der Waals surface area (Å²) in [4.78, 5) is 5.00. The highest BCUT2D eigenvalue weighted by atomic mass is 15.3. The fourth-order valence-electron chi connectivity index (χ4n) is 2.47. The van der Waals surface area contributed by atoms with E-state index in [-0.39, 0.29) is 5.41 Å². The van der Waals surface area contributed by atoms with Crippen LogP contribution in [0.2, 0.25) is 0 Å². The van der Waals surface area contributed by atoms with Crippen molar-refractivity contribution in [3.05, 3.63) is 30.3 Å². The van der Waals surface area contributed by atoms with Gasteiger partial charge in [0.05, 0.1) is 0 Å². The van der Waals surface area contributed by atoms with Crippen molar-refractivity contribution in [2.24, 2.45) is 11.1 Å². The van der Waals surface area contributed by atoms with Crippen molar-refractivity contribution >= 4 is 5.69 Å². The molecule has 0 amide bonds. The van der Waals surface area contributed by atoms with Crippen LogP contribution < -0.4 is 10.6 Å². The first kappa shape index (κ1) is 13.4. The predicted octanol–water partition coefficient (Wildman–Crippen LogP) is 1.79. The number of nitrogens with zero attached hydrogens (tertiary/aromatic N) is 2. The van der Waals surface area contributed by atoms with Crippen molar-refractivity contribution in [1.82, 2.24) is 4.90 Å². The van der Waals surface area contributed by atoms with Gasteiger partial charge >= 0.3 is 0 Å². The summed E-state index contributed by atoms with van der Waals surface area (Å²) in [5.74, 6) is 0. The fraction of sp³-hybridized carbons (Fsp3) is 0.600. The summed E-state index contributed by atoms with van der Waals surface area (Å²) in [5, 5.41) is 0. The normalized spacial score (nSPS) is 18.1. The molecule has 1 aliphatic heterocycles. The molecule has 0 aromatic heterocycles. The quantitative estimate of drug-likeness (QED) is 0.880. The van der Waals surface area contributed by atoms with Gasteiger partial charge in [-0.25, -0.2) is 0 Å². The molecule has 1 fully saturated rings. The lowest BCUT2D eigenvalue weighted by Crippen LogP contribution is -2.50. The predicted molar refractivity (Wildman–Crippen MR) is 77.9 cm³/mol. The van der Waals surface area contributed by atoms with Gasteiger partial charge in [0.2, 0.25) is 0 Å². The third kappa shape index (κ3) is 3.47. The largest absolute Gasteiger partial charge is 0.369 e. The van der Waals surface area contributed by atoms with Crippen LogP contribution >= 0.6 is 0 Å². The third-order valence-corrected chi connectivity index (χ3v) is 3.70. The van der Waals surface area contributed by atoms with Crippen LogP contribution in [0.4, 0.5) is 5.69 Å². The maximum atomic E-state index is 5.80. The Balaban J connectivity index is 1.85. The smallest absolute Gasteiger partial charge is 0.0367 e. The first-order valence-corrected chi connectivity index (χ1v) is 6.83. The summed E-state index contributed by atoms with van der Waals surface area (Å²) in [6.07, 6.45) is 0. The van der Waals surface area contributed by atoms with Crippen molar-refractivity contribution in [1.29, 1.82) is 0 Å². The Kier molecular flexibility index (Phi) is 4.25. The molecule has 1 aromatic rings. The van der Waals surface area contributed by atoms with Gasteiger partial charge in [-0.3, -0.25) is 4.90 Å². The van der Waals surface area contributed by atoms with Gasteiger partial charge in [-0.1, -0.05) is 32.0 Å². The number of anilines is 1. The second kappa shape index (κ2) is 5.72. The van der Waals surface area contributed by atoms with Crippen molar-refractivity contribution in [2.75, 3.05) is 44.2 Å². The fourth-order valence-corrected chi connectivity index (χ4v) is 2.47. The number of piperazine rings is 1. The molecule has 2 rings (SSSR count). The van der Waals surface area contributed by atoms with Crippen molar-refractivity contribution in [3.63, 3.8) is 0 Å². The summed E-state index contributed by atoms with van der Waals surface area (Å²) < 4.78 is 0. The number of rotatable bonds is 4. The number of benzene rings is 1. The van der Waals surface area contributed by atoms with Crippen LogP contribution in [0.25, 0.3) is 0 Å². The molecule has 0 bridgehead atoms. The van der Waals surface area contributed by atoms with Gasteiger partial charge in [0.25, 0.3) is 0 Å². The van der Waals surface area contributed by atoms with Crippen LogP contribution in [0.1, 0.15) is 13.8 Å². The van der Waals surface area contributed by atoms with E-state index in [1.807, 2.05) is 0 Å². The molecule has 0 atom stereocenters. The molecule has 100 valence electrons. The molecule has 2 N–H and O–H groups in total. The van der Waals surface area contributed by atoms with Gasteiger partial charge in [0.15, 0.2) is 0 Å². The minimum absolute atomic E-state index is 0.231. The van der Waals surface area contributed by atoms with Gasteiger partial charge in [-0.15, -0.1) is 0 Å². The molecule has 0 unspecified atom stereocenters. The number of para-hydroxylation sites is 1. The van der Waals surface area contributed by atoms with E-state index in [0.29, 0.717) is 0 Å². The molecule has 1 saturated heterocycles. The Morgan fingerprint density at radius 1 is 1.06 bits per heavy atom. The van der Waals surface area contributed by atoms with Crippen molar-refractivity contribution in [2.45, 2.75) is 13.8 Å². The third-order valence-electron chi connectivity index (χ3n) is 3.70. The molecular weight excluding hydrogens is 222 g/mol. The lowest BCUT2D eigenvalue weighted by atomic mass is 9.93. The lowest BCUT2D eigenvalue weighted by Gasteiger charge is -2.39. The molecule has 1 heterocycles. The van der Waals surface area contributed by atoms with Crippen LogP contribution in [-0.2, 0) is 0 Å². The van der Waals surface area contributed by atoms with E-state index in [1.165, 1.54) is 5.69 Å². The zero-order chi connectivity index (χ0) is 13.0. The Morgan fingerprint density at radius 2 is 1.67 bits per heavy atom. The SMILES string of the molecule is CC(C)(CN)CN1CCN(c2ccccc2)CC1. The summed E-state index contributed by atoms with van der Waals surface area (Å²) in [7, 11) is 0. The van der Waals surface area contributed by atoms with E-state index in [1.54, 1.807) is 0 Å². The molecule has 18 heavy (non-hydrogen) atoms. The molecular formula is C15H25N3. The Hall–Kier alpha value is -1.06. The standard InChI is InChI=1S/C15H25N3/c1-15(2,12-16)13-17-8-10-18(11-9-17)14-6-4-3-5-7-14/h3-7H,8-13,16H2,1-2H3. The van der Waals surface area contributed by atoms with Crippen molar-refractivity contribution in [3.8, 4) is 0 Å². The number of hydrogen-bond donors (Lipinski definition) is 1. The minimum Gasteiger partial charge on any atom is -0.369 e. The molecule has 1 aromatic carbocycles. The summed E-state index contributed by atoms with van der Waals surface area (Å²) in [6, 6.07) is 10.7. The maximum Gasteiger partial charge on any atom is 0.0367 e. The van der Waals surface area contributed by atoms with Gasteiger partial charge in [-0.05, 0) is 24.1 Å². The molecule has 0 saturated carbocycles. The van der Waals surface area contributed by atoms with Crippen LogP contribution in [0, 0.1) is 5.41 Å². The molecule has 3 nitrogen and oxygen atoms in total. The minimum atomic E-state index is 0.231. The average Bonchev–Trinajstić information content (AvgIpc) is 2.40. The second-order valence-corrected chi connectivity index (χ2v) is 5.97. The molecule has 0 spiro atoms. The van der Waals surface area contributed by atoms with E-state index in [4.69, 9.17) is 5.73 Å². The monoisotopic (exact) mass is 247 g/mol. The first-order chi connectivity index (χ1) is 8.61. The van der Waals surface area contributed by atoms with E-state index in [9.17, 15) is 0 Å². The lowest BCUT2D eigenvalue weighted by molar-refractivity contribution is 0.174. The molecule has 1 aliphatic rings. The number of nitrogens with two attached hydrogens (primary N) is 1. The van der Waals surface area contributed by atoms with E-state index in [2.05, 4.69) is 54.0 Å². The molecule has 0 aliphatic carbocycles. The van der Waals surface area contributed by atoms with Gasteiger partial charge in [0, 0.05) is 38.4 Å². The molecule has 3 heteroatoms. The zero-order valence-electron chi connectivity index (χ0n) is 11.6. The Bertz CT molecular complexity index is 353. The summed E-state index contributed by atoms with van der Waals surface area (Å²) >= 11 is 0. The van der Waals surface area contributed by atoms with Gasteiger partial charge in [0.1, 0.15) is 0 Å².